The van der Waals surface area contributed by atoms with Crippen LogP contribution in [0, 0.1) is 41.5 Å². The maximum atomic E-state index is 12.5. The first-order valence-electron chi connectivity index (χ1n) is 13.4. The first kappa shape index (κ1) is 30.5. The molecule has 0 amide bonds. The van der Waals surface area contributed by atoms with Crippen molar-refractivity contribution in [2.45, 2.75) is 60.2 Å². The maximum Gasteiger partial charge on any atom is 0.385 e. The molecule has 0 bridgehead atoms. The number of Topliss-reactive ketones (excluding diaryl/α,β-unsaturated/α-hetero) is 1. The van der Waals surface area contributed by atoms with Crippen LogP contribution in [0.25, 0.3) is 0 Å². The van der Waals surface area contributed by atoms with Crippen LogP contribution in [-0.4, -0.2) is 22.0 Å². The molecule has 0 saturated heterocycles. The average Bonchev–Trinajstić information content (AvgIpc) is 2.91. The smallest absolute Gasteiger partial charge is 0.385 e. The number of aliphatic hydroxyl groups excluding tert-OH is 2. The molecule has 0 spiro atoms. The number of aliphatic hydroxyl groups is 2. The Labute approximate surface area is 237 Å². The van der Waals surface area contributed by atoms with E-state index < -0.39 is 24.0 Å². The van der Waals surface area contributed by atoms with E-state index in [2.05, 4.69) is 0 Å². The van der Waals surface area contributed by atoms with Gasteiger partial charge in [-0.05, 0) is 74.9 Å². The Kier molecular flexibility index (Phi) is 10.5. The second-order valence-electron chi connectivity index (χ2n) is 10.3. The van der Waals surface area contributed by atoms with Crippen LogP contribution < -0.4 is 4.74 Å². The van der Waals surface area contributed by atoms with Crippen molar-refractivity contribution >= 4 is 11.8 Å². The lowest BCUT2D eigenvalue weighted by Gasteiger charge is -2.16. The van der Waals surface area contributed by atoms with Gasteiger partial charge in [-0.25, -0.2) is 4.79 Å². The van der Waals surface area contributed by atoms with Gasteiger partial charge < -0.3 is 14.9 Å². The van der Waals surface area contributed by atoms with Crippen LogP contribution in [0.5, 0.6) is 5.75 Å². The molecule has 0 aromatic heterocycles. The highest BCUT2D eigenvalue weighted by Crippen LogP contribution is 2.27. The van der Waals surface area contributed by atoms with Gasteiger partial charge in [0, 0.05) is 12.0 Å². The largest absolute Gasteiger partial charge is 0.420 e. The number of aryl methyl sites for hydroxylation is 6. The van der Waals surface area contributed by atoms with E-state index in [1.807, 2.05) is 126 Å². The number of esters is 1. The number of ether oxygens (including phenoxy) is 1. The molecule has 2 unspecified atom stereocenters. The number of carbonyl (C=O) groups is 2. The topological polar surface area (TPSA) is 83.8 Å². The highest BCUT2D eigenvalue weighted by atomic mass is 16.5. The summed E-state index contributed by atoms with van der Waals surface area (Å²) in [6.45, 7) is 11.4. The van der Waals surface area contributed by atoms with Crippen molar-refractivity contribution in [3.63, 3.8) is 0 Å². The van der Waals surface area contributed by atoms with Crippen molar-refractivity contribution in [2.24, 2.45) is 0 Å². The molecule has 5 heteroatoms. The van der Waals surface area contributed by atoms with Gasteiger partial charge in [0.05, 0.1) is 12.2 Å². The minimum atomic E-state index is -0.838. The molecule has 0 fully saturated rings. The van der Waals surface area contributed by atoms with Crippen LogP contribution in [0.15, 0.2) is 84.9 Å². The fraction of sp³-hybridized carbons (Fsp3) is 0.257. The molecule has 0 radical (unpaired) electrons. The van der Waals surface area contributed by atoms with E-state index in [0.717, 1.165) is 44.5 Å². The van der Waals surface area contributed by atoms with Gasteiger partial charge in [-0.3, -0.25) is 4.79 Å². The molecular weight excluding hydrogens is 500 g/mol. The lowest BCUT2D eigenvalue weighted by Crippen LogP contribution is -2.23. The highest BCUT2D eigenvalue weighted by Gasteiger charge is 2.24. The lowest BCUT2D eigenvalue weighted by atomic mass is 9.96. The molecule has 0 heterocycles. The maximum absolute atomic E-state index is 12.5. The van der Waals surface area contributed by atoms with Crippen LogP contribution in [-0.2, 0) is 4.79 Å². The normalized spacial score (nSPS) is 12.1. The van der Waals surface area contributed by atoms with E-state index in [4.69, 9.17) is 4.74 Å². The zero-order valence-corrected chi connectivity index (χ0v) is 24.1. The first-order chi connectivity index (χ1) is 19.0. The lowest BCUT2D eigenvalue weighted by molar-refractivity contribution is -0.129. The SMILES string of the molecule is Cc1cc(C)c(OC(=O)C(=O)c2c(C)cc(C)cc2C)c(C)c1.OC(CC(O)c1ccccc1)c1ccccc1. The summed E-state index contributed by atoms with van der Waals surface area (Å²) < 4.78 is 5.40. The molecule has 2 atom stereocenters. The Morgan fingerprint density at radius 1 is 0.625 bits per heavy atom. The molecule has 208 valence electrons. The van der Waals surface area contributed by atoms with Gasteiger partial charge in [-0.1, -0.05) is 96.1 Å². The third kappa shape index (κ3) is 7.98. The number of hydrogen-bond donors (Lipinski definition) is 2. The summed E-state index contributed by atoms with van der Waals surface area (Å²) >= 11 is 0. The van der Waals surface area contributed by atoms with E-state index >= 15 is 0 Å². The summed E-state index contributed by atoms with van der Waals surface area (Å²) in [6.07, 6.45) is -0.952. The third-order valence-corrected chi connectivity index (χ3v) is 6.70. The second kappa shape index (κ2) is 13.8. The Morgan fingerprint density at radius 2 is 1.00 bits per heavy atom. The first-order valence-corrected chi connectivity index (χ1v) is 13.4. The number of benzene rings is 4. The molecule has 4 aromatic carbocycles. The summed E-state index contributed by atoms with van der Waals surface area (Å²) in [7, 11) is 0. The van der Waals surface area contributed by atoms with E-state index in [-0.39, 0.29) is 0 Å². The van der Waals surface area contributed by atoms with Gasteiger partial charge in [-0.2, -0.15) is 0 Å². The summed E-state index contributed by atoms with van der Waals surface area (Å²) in [5, 5.41) is 20.0. The number of ketones is 1. The van der Waals surface area contributed by atoms with Gasteiger partial charge in [0.1, 0.15) is 5.75 Å². The average molecular weight is 539 g/mol. The summed E-state index contributed by atoms with van der Waals surface area (Å²) in [4.78, 5) is 24.8. The van der Waals surface area contributed by atoms with E-state index in [0.29, 0.717) is 17.7 Å². The fourth-order valence-electron chi connectivity index (χ4n) is 4.94. The standard InChI is InChI=1S/C20H22O3.C15H16O2/c1-11-7-13(3)17(14(4)8-11)18(21)20(22)23-19-15(5)9-12(2)10-16(19)6;16-14(12-7-3-1-4-8-12)11-15(17)13-9-5-2-6-10-13/h7-10H,1-6H3;1-10,14-17H,11H2. The van der Waals surface area contributed by atoms with Gasteiger partial charge in [0.25, 0.3) is 5.78 Å². The van der Waals surface area contributed by atoms with Crippen molar-refractivity contribution in [3.05, 3.63) is 135 Å². The Hall–Kier alpha value is -4.06. The highest BCUT2D eigenvalue weighted by molar-refractivity contribution is 6.41. The van der Waals surface area contributed by atoms with Crippen LogP contribution in [0.1, 0.15) is 73.5 Å². The van der Waals surface area contributed by atoms with Crippen molar-refractivity contribution in [1.82, 2.24) is 0 Å². The number of rotatable bonds is 7. The fourth-order valence-corrected chi connectivity index (χ4v) is 4.94. The molecule has 0 aliphatic carbocycles. The molecule has 4 aromatic rings. The third-order valence-electron chi connectivity index (χ3n) is 6.70. The Balaban J connectivity index is 0.000000230. The second-order valence-corrected chi connectivity index (χ2v) is 10.3. The van der Waals surface area contributed by atoms with Crippen LogP contribution in [0.3, 0.4) is 0 Å². The van der Waals surface area contributed by atoms with Crippen LogP contribution >= 0.6 is 0 Å². The van der Waals surface area contributed by atoms with Gasteiger partial charge in [0.15, 0.2) is 0 Å². The summed E-state index contributed by atoms with van der Waals surface area (Å²) in [6, 6.07) is 26.5. The minimum absolute atomic E-state index is 0.314. The minimum Gasteiger partial charge on any atom is -0.420 e. The van der Waals surface area contributed by atoms with Crippen molar-refractivity contribution in [3.8, 4) is 5.75 Å². The molecule has 0 aliphatic heterocycles. The van der Waals surface area contributed by atoms with Crippen molar-refractivity contribution in [2.75, 3.05) is 0 Å². The molecule has 2 N–H and O–H groups in total. The van der Waals surface area contributed by atoms with Crippen LogP contribution in [0.2, 0.25) is 0 Å². The Bertz CT molecular complexity index is 1370. The monoisotopic (exact) mass is 538 g/mol. The Morgan fingerprint density at radius 3 is 1.40 bits per heavy atom. The summed E-state index contributed by atoms with van der Waals surface area (Å²) in [5.74, 6) is -0.967. The van der Waals surface area contributed by atoms with E-state index in [1.54, 1.807) is 0 Å². The van der Waals surface area contributed by atoms with Crippen molar-refractivity contribution < 1.29 is 24.5 Å². The molecule has 0 aliphatic rings. The molecular formula is C35H38O5. The molecule has 4 rings (SSSR count). The number of hydrogen-bond acceptors (Lipinski definition) is 5. The van der Waals surface area contributed by atoms with Gasteiger partial charge in [-0.15, -0.1) is 0 Å². The predicted molar refractivity (Wildman–Crippen MR) is 159 cm³/mol. The van der Waals surface area contributed by atoms with Gasteiger partial charge >= 0.3 is 5.97 Å². The molecule has 40 heavy (non-hydrogen) atoms. The zero-order valence-electron chi connectivity index (χ0n) is 24.1. The quantitative estimate of drug-likeness (QED) is 0.113. The number of carbonyl (C=O) groups excluding carboxylic acids is 2. The van der Waals surface area contributed by atoms with Gasteiger partial charge in [0.2, 0.25) is 0 Å². The van der Waals surface area contributed by atoms with Crippen LogP contribution in [0.4, 0.5) is 0 Å². The van der Waals surface area contributed by atoms with E-state index in [9.17, 15) is 19.8 Å². The van der Waals surface area contributed by atoms with Crippen molar-refractivity contribution in [1.29, 1.82) is 0 Å². The van der Waals surface area contributed by atoms with E-state index in [1.165, 1.54) is 0 Å². The zero-order chi connectivity index (χ0) is 29.4. The molecule has 5 nitrogen and oxygen atoms in total. The molecule has 0 saturated carbocycles. The predicted octanol–water partition coefficient (Wildman–Crippen LogP) is 7.17. The summed E-state index contributed by atoms with van der Waals surface area (Å²) in [5.41, 5.74) is 7.55.